The van der Waals surface area contributed by atoms with Gasteiger partial charge in [-0.1, -0.05) is 28.9 Å². The SMILES string of the molecule is NC(=NO)c1ccc(COc2ccc(F)c(Cl)c2)c(F)c1. The molecule has 0 aliphatic rings. The predicted octanol–water partition coefficient (Wildman–Crippen LogP) is 3.29. The van der Waals surface area contributed by atoms with Crippen LogP contribution in [0.2, 0.25) is 5.02 Å². The van der Waals surface area contributed by atoms with Crippen molar-refractivity contribution >= 4 is 17.4 Å². The van der Waals surface area contributed by atoms with E-state index >= 15 is 0 Å². The van der Waals surface area contributed by atoms with Crippen LogP contribution < -0.4 is 10.5 Å². The molecule has 110 valence electrons. The fourth-order valence-electron chi connectivity index (χ4n) is 1.61. The fraction of sp³-hybridized carbons (Fsp3) is 0.0714. The van der Waals surface area contributed by atoms with E-state index in [2.05, 4.69) is 5.16 Å². The lowest BCUT2D eigenvalue weighted by atomic mass is 10.1. The molecular formula is C14H11ClF2N2O2. The van der Waals surface area contributed by atoms with Crippen molar-refractivity contribution in [1.29, 1.82) is 0 Å². The van der Waals surface area contributed by atoms with E-state index in [9.17, 15) is 8.78 Å². The number of nitrogens with zero attached hydrogens (tertiary/aromatic N) is 1. The van der Waals surface area contributed by atoms with Crippen molar-refractivity contribution < 1.29 is 18.7 Å². The monoisotopic (exact) mass is 312 g/mol. The fourth-order valence-corrected chi connectivity index (χ4v) is 1.78. The molecule has 0 unspecified atom stereocenters. The topological polar surface area (TPSA) is 67.8 Å². The number of ether oxygens (including phenoxy) is 1. The van der Waals surface area contributed by atoms with Crippen LogP contribution in [0.3, 0.4) is 0 Å². The summed E-state index contributed by atoms with van der Waals surface area (Å²) in [5.74, 6) is -0.987. The summed E-state index contributed by atoms with van der Waals surface area (Å²) >= 11 is 5.62. The molecule has 0 amide bonds. The van der Waals surface area contributed by atoms with Crippen molar-refractivity contribution in [2.24, 2.45) is 10.9 Å². The quantitative estimate of drug-likeness (QED) is 0.394. The van der Waals surface area contributed by atoms with Gasteiger partial charge in [-0.3, -0.25) is 0 Å². The van der Waals surface area contributed by atoms with Crippen LogP contribution in [0.5, 0.6) is 5.75 Å². The van der Waals surface area contributed by atoms with Gasteiger partial charge in [0.05, 0.1) is 5.02 Å². The summed E-state index contributed by atoms with van der Waals surface area (Å²) in [6.45, 7) is -0.0652. The lowest BCUT2D eigenvalue weighted by Gasteiger charge is -2.09. The molecule has 0 fully saturated rings. The lowest BCUT2D eigenvalue weighted by molar-refractivity contribution is 0.299. The molecule has 0 spiro atoms. The summed E-state index contributed by atoms with van der Waals surface area (Å²) in [5.41, 5.74) is 5.88. The van der Waals surface area contributed by atoms with E-state index in [0.717, 1.165) is 12.1 Å². The second-order valence-corrected chi connectivity index (χ2v) is 4.56. The summed E-state index contributed by atoms with van der Waals surface area (Å²) in [5, 5.41) is 11.2. The van der Waals surface area contributed by atoms with Gasteiger partial charge in [0.1, 0.15) is 24.0 Å². The highest BCUT2D eigenvalue weighted by Gasteiger charge is 2.08. The van der Waals surface area contributed by atoms with Crippen LogP contribution in [-0.2, 0) is 6.61 Å². The molecule has 0 aromatic heterocycles. The third-order valence-corrected chi connectivity index (χ3v) is 3.03. The number of hydrogen-bond donors (Lipinski definition) is 2. The Morgan fingerprint density at radius 3 is 2.57 bits per heavy atom. The van der Waals surface area contributed by atoms with Gasteiger partial charge < -0.3 is 15.7 Å². The van der Waals surface area contributed by atoms with Crippen LogP contribution in [0.25, 0.3) is 0 Å². The van der Waals surface area contributed by atoms with Crippen LogP contribution in [0.15, 0.2) is 41.6 Å². The van der Waals surface area contributed by atoms with E-state index in [-0.39, 0.29) is 28.6 Å². The summed E-state index contributed by atoms with van der Waals surface area (Å²) in [6, 6.07) is 7.94. The molecule has 0 radical (unpaired) electrons. The van der Waals surface area contributed by atoms with Crippen LogP contribution in [-0.4, -0.2) is 11.0 Å². The number of amidine groups is 1. The highest BCUT2D eigenvalue weighted by molar-refractivity contribution is 6.30. The molecule has 0 atom stereocenters. The van der Waals surface area contributed by atoms with Gasteiger partial charge in [0.15, 0.2) is 5.84 Å². The minimum Gasteiger partial charge on any atom is -0.489 e. The maximum atomic E-state index is 13.8. The number of hydrogen-bond acceptors (Lipinski definition) is 3. The standard InChI is InChI=1S/C14H11ClF2N2O2/c15-11-6-10(3-4-12(11)16)21-7-9-2-1-8(5-13(9)17)14(18)19-20/h1-6,20H,7H2,(H2,18,19). The first-order valence-corrected chi connectivity index (χ1v) is 6.23. The molecule has 2 aromatic carbocycles. The van der Waals surface area contributed by atoms with Crippen LogP contribution in [0.4, 0.5) is 8.78 Å². The summed E-state index contributed by atoms with van der Waals surface area (Å²) < 4.78 is 32.2. The first kappa shape index (κ1) is 15.1. The maximum Gasteiger partial charge on any atom is 0.170 e. The molecule has 0 aliphatic carbocycles. The van der Waals surface area contributed by atoms with Crippen molar-refractivity contribution in [2.75, 3.05) is 0 Å². The first-order chi connectivity index (χ1) is 10.0. The maximum absolute atomic E-state index is 13.8. The van der Waals surface area contributed by atoms with Crippen LogP contribution >= 0.6 is 11.6 Å². The molecule has 21 heavy (non-hydrogen) atoms. The Labute approximate surface area is 124 Å². The molecule has 2 aromatic rings. The zero-order valence-corrected chi connectivity index (χ0v) is 11.4. The van der Waals surface area contributed by atoms with Gasteiger partial charge in [-0.15, -0.1) is 0 Å². The van der Waals surface area contributed by atoms with Crippen molar-refractivity contribution in [3.63, 3.8) is 0 Å². The molecule has 0 bridgehead atoms. The summed E-state index contributed by atoms with van der Waals surface area (Å²) in [4.78, 5) is 0. The predicted molar refractivity (Wildman–Crippen MR) is 74.7 cm³/mol. The van der Waals surface area contributed by atoms with Gasteiger partial charge in [0.2, 0.25) is 0 Å². The average molecular weight is 313 g/mol. The molecule has 2 rings (SSSR count). The van der Waals surface area contributed by atoms with Crippen molar-refractivity contribution in [1.82, 2.24) is 0 Å². The van der Waals surface area contributed by atoms with Gasteiger partial charge in [0.25, 0.3) is 0 Å². The minimum absolute atomic E-state index is 0.0652. The third kappa shape index (κ3) is 3.61. The Morgan fingerprint density at radius 2 is 1.95 bits per heavy atom. The van der Waals surface area contributed by atoms with E-state index in [1.165, 1.54) is 24.3 Å². The van der Waals surface area contributed by atoms with Gasteiger partial charge >= 0.3 is 0 Å². The highest BCUT2D eigenvalue weighted by Crippen LogP contribution is 2.22. The summed E-state index contributed by atoms with van der Waals surface area (Å²) in [6.07, 6.45) is 0. The summed E-state index contributed by atoms with van der Waals surface area (Å²) in [7, 11) is 0. The Kier molecular flexibility index (Phi) is 4.59. The first-order valence-electron chi connectivity index (χ1n) is 5.85. The van der Waals surface area contributed by atoms with E-state index in [1.54, 1.807) is 0 Å². The Balaban J connectivity index is 2.11. The van der Waals surface area contributed by atoms with Gasteiger partial charge in [0, 0.05) is 17.2 Å². The Bertz CT molecular complexity index is 693. The van der Waals surface area contributed by atoms with Crippen LogP contribution in [0.1, 0.15) is 11.1 Å². The lowest BCUT2D eigenvalue weighted by Crippen LogP contribution is -2.13. The molecule has 4 nitrogen and oxygen atoms in total. The third-order valence-electron chi connectivity index (χ3n) is 2.74. The Hall–Kier alpha value is -2.34. The van der Waals surface area contributed by atoms with Crippen molar-refractivity contribution in [3.05, 3.63) is 64.2 Å². The Morgan fingerprint density at radius 1 is 1.19 bits per heavy atom. The molecular weight excluding hydrogens is 302 g/mol. The van der Waals surface area contributed by atoms with E-state index in [4.69, 9.17) is 27.3 Å². The van der Waals surface area contributed by atoms with E-state index in [1.807, 2.05) is 0 Å². The second-order valence-electron chi connectivity index (χ2n) is 4.16. The second kappa shape index (κ2) is 6.41. The van der Waals surface area contributed by atoms with Gasteiger partial charge in [-0.05, 0) is 18.2 Å². The van der Waals surface area contributed by atoms with Crippen LogP contribution in [0, 0.1) is 11.6 Å². The average Bonchev–Trinajstić information content (AvgIpc) is 2.48. The zero-order chi connectivity index (χ0) is 15.4. The smallest absolute Gasteiger partial charge is 0.170 e. The van der Waals surface area contributed by atoms with Crippen molar-refractivity contribution in [3.8, 4) is 5.75 Å². The number of nitrogens with two attached hydrogens (primary N) is 1. The molecule has 7 heteroatoms. The number of rotatable bonds is 4. The normalized spacial score (nSPS) is 11.5. The highest BCUT2D eigenvalue weighted by atomic mass is 35.5. The molecule has 0 aliphatic heterocycles. The molecule has 0 heterocycles. The van der Waals surface area contributed by atoms with Gasteiger partial charge in [-0.25, -0.2) is 8.78 Å². The van der Waals surface area contributed by atoms with E-state index in [0.29, 0.717) is 5.75 Å². The number of oxime groups is 1. The minimum atomic E-state index is -0.563. The number of halogens is 3. The zero-order valence-electron chi connectivity index (χ0n) is 10.7. The van der Waals surface area contributed by atoms with E-state index < -0.39 is 11.6 Å². The number of benzene rings is 2. The molecule has 0 saturated heterocycles. The largest absolute Gasteiger partial charge is 0.489 e. The van der Waals surface area contributed by atoms with Gasteiger partial charge in [-0.2, -0.15) is 0 Å². The molecule has 0 saturated carbocycles. The van der Waals surface area contributed by atoms with Crippen molar-refractivity contribution in [2.45, 2.75) is 6.61 Å². The molecule has 3 N–H and O–H groups in total.